The van der Waals surface area contributed by atoms with E-state index in [9.17, 15) is 19.7 Å². The fourth-order valence-electron chi connectivity index (χ4n) is 3.67. The number of hydrogen-bond acceptors (Lipinski definition) is 10. The minimum absolute atomic E-state index is 0.0681. The summed E-state index contributed by atoms with van der Waals surface area (Å²) in [5.74, 6) is -0.568. The molecule has 2 aromatic rings. The van der Waals surface area contributed by atoms with Crippen LogP contribution in [0.5, 0.6) is 0 Å². The molecule has 0 amide bonds. The lowest BCUT2D eigenvalue weighted by molar-refractivity contribution is -0.383. The average Bonchev–Trinajstić information content (AvgIpc) is 2.80. The SMILES string of the molecule is CCOC(=O)OC1CCN(c2ncnc(Nc3ccc(CCCC(=O)O)cc3)c2[N+](=O)[O-])CC1. The van der Waals surface area contributed by atoms with Gasteiger partial charge in [-0.3, -0.25) is 14.9 Å². The Labute approximate surface area is 196 Å². The number of aliphatic carboxylic acids is 1. The van der Waals surface area contributed by atoms with Crippen molar-refractivity contribution in [3.63, 3.8) is 0 Å². The van der Waals surface area contributed by atoms with Gasteiger partial charge in [0.15, 0.2) is 0 Å². The minimum Gasteiger partial charge on any atom is -0.481 e. The second-order valence-corrected chi connectivity index (χ2v) is 7.71. The molecule has 0 atom stereocenters. The third kappa shape index (κ3) is 6.77. The monoisotopic (exact) mass is 473 g/mol. The molecule has 182 valence electrons. The summed E-state index contributed by atoms with van der Waals surface area (Å²) in [5.41, 5.74) is 1.34. The van der Waals surface area contributed by atoms with Crippen LogP contribution in [0.15, 0.2) is 30.6 Å². The van der Waals surface area contributed by atoms with Crippen LogP contribution < -0.4 is 10.2 Å². The first-order valence-corrected chi connectivity index (χ1v) is 11.0. The van der Waals surface area contributed by atoms with Gasteiger partial charge >= 0.3 is 17.8 Å². The molecule has 12 heteroatoms. The van der Waals surface area contributed by atoms with E-state index in [-0.39, 0.29) is 36.5 Å². The number of piperidine rings is 1. The van der Waals surface area contributed by atoms with Gasteiger partial charge in [-0.15, -0.1) is 0 Å². The van der Waals surface area contributed by atoms with Crippen LogP contribution in [0.2, 0.25) is 0 Å². The summed E-state index contributed by atoms with van der Waals surface area (Å²) in [7, 11) is 0. The zero-order chi connectivity index (χ0) is 24.5. The lowest BCUT2D eigenvalue weighted by Gasteiger charge is -2.31. The molecule has 34 heavy (non-hydrogen) atoms. The molecule has 0 spiro atoms. The molecule has 2 heterocycles. The number of carboxylic acids is 1. The number of carbonyl (C=O) groups excluding carboxylic acids is 1. The van der Waals surface area contributed by atoms with E-state index in [1.807, 2.05) is 12.1 Å². The number of carboxylic acid groups (broad SMARTS) is 1. The van der Waals surface area contributed by atoms with E-state index in [4.69, 9.17) is 14.6 Å². The molecule has 0 radical (unpaired) electrons. The average molecular weight is 473 g/mol. The number of anilines is 3. The van der Waals surface area contributed by atoms with Crippen molar-refractivity contribution in [3.8, 4) is 0 Å². The maximum absolute atomic E-state index is 11.9. The molecule has 1 aliphatic rings. The van der Waals surface area contributed by atoms with Crippen LogP contribution in [0.25, 0.3) is 0 Å². The molecule has 1 aliphatic heterocycles. The molecule has 0 bridgehead atoms. The van der Waals surface area contributed by atoms with E-state index < -0.39 is 17.0 Å². The predicted molar refractivity (Wildman–Crippen MR) is 122 cm³/mol. The van der Waals surface area contributed by atoms with Gasteiger partial charge in [0.25, 0.3) is 0 Å². The van der Waals surface area contributed by atoms with Gasteiger partial charge in [-0.2, -0.15) is 0 Å². The van der Waals surface area contributed by atoms with Crippen LogP contribution in [-0.2, 0) is 20.7 Å². The van der Waals surface area contributed by atoms with E-state index in [2.05, 4.69) is 15.3 Å². The topological polar surface area (TPSA) is 157 Å². The number of aromatic nitrogens is 2. The maximum atomic E-state index is 11.9. The molecule has 3 rings (SSSR count). The van der Waals surface area contributed by atoms with E-state index in [0.717, 1.165) is 5.56 Å². The lowest BCUT2D eigenvalue weighted by atomic mass is 10.1. The number of aryl methyl sites for hydroxylation is 1. The Hall–Kier alpha value is -3.96. The number of nitrogens with one attached hydrogen (secondary N) is 1. The first-order valence-electron chi connectivity index (χ1n) is 11.0. The number of nitrogens with zero attached hydrogens (tertiary/aromatic N) is 4. The predicted octanol–water partition coefficient (Wildman–Crippen LogP) is 3.68. The van der Waals surface area contributed by atoms with Crippen LogP contribution in [0.4, 0.5) is 27.8 Å². The number of benzene rings is 1. The van der Waals surface area contributed by atoms with Gasteiger partial charge < -0.3 is 24.8 Å². The molecular weight excluding hydrogens is 446 g/mol. The van der Waals surface area contributed by atoms with Crippen LogP contribution in [0.1, 0.15) is 38.2 Å². The normalized spacial score (nSPS) is 13.9. The number of ether oxygens (including phenoxy) is 2. The summed E-state index contributed by atoms with van der Waals surface area (Å²) in [6, 6.07) is 7.21. The smallest absolute Gasteiger partial charge is 0.481 e. The van der Waals surface area contributed by atoms with Crippen molar-refractivity contribution in [1.29, 1.82) is 0 Å². The molecule has 1 aromatic carbocycles. The molecule has 2 N–H and O–H groups in total. The summed E-state index contributed by atoms with van der Waals surface area (Å²) < 4.78 is 10.0. The van der Waals surface area contributed by atoms with Gasteiger partial charge in [0, 0.05) is 38.0 Å². The highest BCUT2D eigenvalue weighted by atomic mass is 16.7. The van der Waals surface area contributed by atoms with Gasteiger partial charge in [0.05, 0.1) is 11.5 Å². The van der Waals surface area contributed by atoms with E-state index >= 15 is 0 Å². The lowest BCUT2D eigenvalue weighted by Crippen LogP contribution is -2.38. The largest absolute Gasteiger partial charge is 0.508 e. The standard InChI is InChI=1S/C22H27N5O7/c1-2-33-22(30)34-17-10-12-26(13-11-17)21-19(27(31)32)20(23-14-24-21)25-16-8-6-15(7-9-16)4-3-5-18(28)29/h6-9,14,17H,2-5,10-13H2,1H3,(H,28,29)(H,23,24,25). The van der Waals surface area contributed by atoms with E-state index in [1.165, 1.54) is 6.33 Å². The summed E-state index contributed by atoms with van der Waals surface area (Å²) in [4.78, 5) is 43.6. The van der Waals surface area contributed by atoms with Gasteiger partial charge in [-0.05, 0) is 37.5 Å². The summed E-state index contributed by atoms with van der Waals surface area (Å²) >= 11 is 0. The van der Waals surface area contributed by atoms with Crippen LogP contribution in [0, 0.1) is 10.1 Å². The zero-order valence-corrected chi connectivity index (χ0v) is 18.8. The van der Waals surface area contributed by atoms with Gasteiger partial charge in [-0.25, -0.2) is 14.8 Å². The van der Waals surface area contributed by atoms with Gasteiger partial charge in [0.2, 0.25) is 11.6 Å². The molecule has 1 fully saturated rings. The zero-order valence-electron chi connectivity index (χ0n) is 18.8. The van der Waals surface area contributed by atoms with Crippen molar-refractivity contribution in [2.75, 3.05) is 29.9 Å². The second kappa shape index (κ2) is 11.8. The summed E-state index contributed by atoms with van der Waals surface area (Å²) in [6.07, 6.45) is 2.48. The first-order chi connectivity index (χ1) is 16.4. The Bertz CT molecular complexity index is 1010. The molecule has 12 nitrogen and oxygen atoms in total. The van der Waals surface area contributed by atoms with Gasteiger partial charge in [0.1, 0.15) is 12.4 Å². The number of hydrogen-bond donors (Lipinski definition) is 2. The number of rotatable bonds is 10. The maximum Gasteiger partial charge on any atom is 0.508 e. The molecule has 1 saturated heterocycles. The summed E-state index contributed by atoms with van der Waals surface area (Å²) in [6.45, 7) is 2.77. The second-order valence-electron chi connectivity index (χ2n) is 7.71. The Balaban J connectivity index is 1.68. The highest BCUT2D eigenvalue weighted by molar-refractivity contribution is 5.74. The third-order valence-corrected chi connectivity index (χ3v) is 5.32. The van der Waals surface area contributed by atoms with Crippen LogP contribution >= 0.6 is 0 Å². The third-order valence-electron chi connectivity index (χ3n) is 5.32. The fraction of sp³-hybridized carbons (Fsp3) is 0.455. The van der Waals surface area contributed by atoms with Crippen molar-refractivity contribution < 1.29 is 29.1 Å². The fourth-order valence-corrected chi connectivity index (χ4v) is 3.67. The molecule has 0 saturated carbocycles. The molecular formula is C22H27N5O7. The molecule has 0 aliphatic carbocycles. The highest BCUT2D eigenvalue weighted by Crippen LogP contribution is 2.35. The first kappa shape index (κ1) is 24.7. The van der Waals surface area contributed by atoms with Crippen molar-refractivity contribution >= 4 is 35.1 Å². The van der Waals surface area contributed by atoms with E-state index in [1.54, 1.807) is 24.0 Å². The Morgan fingerprint density at radius 1 is 1.24 bits per heavy atom. The van der Waals surface area contributed by atoms with Crippen LogP contribution in [0.3, 0.4) is 0 Å². The number of carbonyl (C=O) groups is 2. The van der Waals surface area contributed by atoms with Crippen molar-refractivity contribution in [2.45, 2.75) is 45.1 Å². The Kier molecular flexibility index (Phi) is 8.54. The van der Waals surface area contributed by atoms with E-state index in [0.29, 0.717) is 44.5 Å². The minimum atomic E-state index is -0.832. The Morgan fingerprint density at radius 3 is 2.56 bits per heavy atom. The summed E-state index contributed by atoms with van der Waals surface area (Å²) in [5, 5.41) is 23.6. The molecule has 0 unspecified atom stereocenters. The highest BCUT2D eigenvalue weighted by Gasteiger charge is 2.31. The van der Waals surface area contributed by atoms with Crippen molar-refractivity contribution in [1.82, 2.24) is 9.97 Å². The number of nitro groups is 1. The van der Waals surface area contributed by atoms with Crippen LogP contribution in [-0.4, -0.2) is 57.9 Å². The van der Waals surface area contributed by atoms with Crippen molar-refractivity contribution in [3.05, 3.63) is 46.3 Å². The Morgan fingerprint density at radius 2 is 1.94 bits per heavy atom. The van der Waals surface area contributed by atoms with Crippen molar-refractivity contribution in [2.24, 2.45) is 0 Å². The van der Waals surface area contributed by atoms with Gasteiger partial charge in [-0.1, -0.05) is 12.1 Å². The quantitative estimate of drug-likeness (QED) is 0.295. The molecule has 1 aromatic heterocycles.